The SMILES string of the molecule is CC(C)(C)n1ncc(Sc2ccc(F)cc2)c(Cl)c1=O. The van der Waals surface area contributed by atoms with E-state index in [2.05, 4.69) is 5.10 Å². The van der Waals surface area contributed by atoms with Gasteiger partial charge in [0.2, 0.25) is 0 Å². The van der Waals surface area contributed by atoms with Crippen LogP contribution in [0.25, 0.3) is 0 Å². The molecule has 0 amide bonds. The van der Waals surface area contributed by atoms with Crippen molar-refractivity contribution in [3.8, 4) is 0 Å². The first-order valence-corrected chi connectivity index (χ1v) is 7.20. The van der Waals surface area contributed by atoms with Crippen molar-refractivity contribution in [3.05, 3.63) is 51.7 Å². The van der Waals surface area contributed by atoms with Gasteiger partial charge < -0.3 is 0 Å². The molecular formula is C14H14ClFN2OS. The molecule has 0 saturated carbocycles. The fourth-order valence-corrected chi connectivity index (χ4v) is 2.64. The molecule has 2 rings (SSSR count). The molecule has 0 N–H and O–H groups in total. The van der Waals surface area contributed by atoms with E-state index in [1.807, 2.05) is 20.8 Å². The van der Waals surface area contributed by atoms with Gasteiger partial charge in [0.15, 0.2) is 0 Å². The molecule has 3 nitrogen and oxygen atoms in total. The lowest BCUT2D eigenvalue weighted by molar-refractivity contribution is 0.336. The minimum absolute atomic E-state index is 0.129. The van der Waals surface area contributed by atoms with Crippen molar-refractivity contribution < 1.29 is 4.39 Å². The summed E-state index contributed by atoms with van der Waals surface area (Å²) in [5.74, 6) is -0.304. The molecule has 0 atom stereocenters. The molecule has 1 aromatic heterocycles. The predicted molar refractivity (Wildman–Crippen MR) is 79.0 cm³/mol. The molecule has 0 bridgehead atoms. The van der Waals surface area contributed by atoms with E-state index < -0.39 is 5.54 Å². The molecule has 0 spiro atoms. The average molecular weight is 313 g/mol. The summed E-state index contributed by atoms with van der Waals surface area (Å²) in [4.78, 5) is 13.5. The van der Waals surface area contributed by atoms with Crippen molar-refractivity contribution in [1.29, 1.82) is 0 Å². The minimum atomic E-state index is -0.431. The molecule has 2 aromatic rings. The quantitative estimate of drug-likeness (QED) is 0.842. The second kappa shape index (κ2) is 5.58. The molecule has 0 unspecified atom stereocenters. The highest BCUT2D eigenvalue weighted by Crippen LogP contribution is 2.31. The van der Waals surface area contributed by atoms with Gasteiger partial charge in [-0.15, -0.1) is 0 Å². The second-order valence-electron chi connectivity index (χ2n) is 5.27. The van der Waals surface area contributed by atoms with E-state index in [9.17, 15) is 9.18 Å². The summed E-state index contributed by atoms with van der Waals surface area (Å²) in [6, 6.07) is 5.98. The van der Waals surface area contributed by atoms with Crippen LogP contribution in [-0.2, 0) is 5.54 Å². The molecule has 1 aromatic carbocycles. The van der Waals surface area contributed by atoms with Crippen molar-refractivity contribution in [1.82, 2.24) is 9.78 Å². The Bertz CT molecular complexity index is 677. The molecule has 20 heavy (non-hydrogen) atoms. The summed E-state index contributed by atoms with van der Waals surface area (Å²) >= 11 is 7.40. The maximum atomic E-state index is 12.9. The van der Waals surface area contributed by atoms with Crippen LogP contribution < -0.4 is 5.56 Å². The van der Waals surface area contributed by atoms with Crippen LogP contribution in [0.3, 0.4) is 0 Å². The van der Waals surface area contributed by atoms with Gasteiger partial charge in [-0.1, -0.05) is 23.4 Å². The Morgan fingerprint density at radius 2 is 1.85 bits per heavy atom. The Kier molecular flexibility index (Phi) is 4.20. The zero-order chi connectivity index (χ0) is 14.9. The number of rotatable bonds is 2. The van der Waals surface area contributed by atoms with Gasteiger partial charge in [0.1, 0.15) is 10.8 Å². The van der Waals surface area contributed by atoms with Crippen LogP contribution in [0.4, 0.5) is 4.39 Å². The molecule has 0 aliphatic heterocycles. The van der Waals surface area contributed by atoms with Crippen LogP contribution in [0, 0.1) is 5.82 Å². The summed E-state index contributed by atoms with van der Waals surface area (Å²) in [6.07, 6.45) is 1.56. The summed E-state index contributed by atoms with van der Waals surface area (Å²) in [6.45, 7) is 5.64. The van der Waals surface area contributed by atoms with Crippen LogP contribution in [0.1, 0.15) is 20.8 Å². The van der Waals surface area contributed by atoms with Gasteiger partial charge in [-0.2, -0.15) is 5.10 Å². The highest BCUT2D eigenvalue weighted by molar-refractivity contribution is 7.99. The number of nitrogens with zero attached hydrogens (tertiary/aromatic N) is 2. The van der Waals surface area contributed by atoms with E-state index in [1.54, 1.807) is 18.3 Å². The average Bonchev–Trinajstić information content (AvgIpc) is 2.36. The van der Waals surface area contributed by atoms with Gasteiger partial charge in [0, 0.05) is 4.90 Å². The number of aromatic nitrogens is 2. The molecule has 0 fully saturated rings. The summed E-state index contributed by atoms with van der Waals surface area (Å²) in [5, 5.41) is 4.28. The fourth-order valence-electron chi connectivity index (χ4n) is 1.60. The largest absolute Gasteiger partial charge is 0.287 e. The van der Waals surface area contributed by atoms with Crippen molar-refractivity contribution in [2.45, 2.75) is 36.1 Å². The first kappa shape index (κ1) is 15.1. The summed E-state index contributed by atoms with van der Waals surface area (Å²) in [5.41, 5.74) is -0.758. The van der Waals surface area contributed by atoms with Gasteiger partial charge in [-0.25, -0.2) is 9.07 Å². The van der Waals surface area contributed by atoms with Gasteiger partial charge in [0.25, 0.3) is 5.56 Å². The van der Waals surface area contributed by atoms with E-state index in [-0.39, 0.29) is 16.4 Å². The normalized spacial score (nSPS) is 11.7. The second-order valence-corrected chi connectivity index (χ2v) is 6.76. The molecule has 0 saturated heterocycles. The fraction of sp³-hybridized carbons (Fsp3) is 0.286. The van der Waals surface area contributed by atoms with E-state index in [1.165, 1.54) is 28.6 Å². The first-order valence-electron chi connectivity index (χ1n) is 6.01. The lowest BCUT2D eigenvalue weighted by Crippen LogP contribution is -2.36. The van der Waals surface area contributed by atoms with Gasteiger partial charge in [0.05, 0.1) is 16.6 Å². The highest BCUT2D eigenvalue weighted by Gasteiger charge is 2.19. The highest BCUT2D eigenvalue weighted by atomic mass is 35.5. The predicted octanol–water partition coefficient (Wildman–Crippen LogP) is 3.94. The Hall–Kier alpha value is -1.33. The third-order valence-corrected chi connectivity index (χ3v) is 4.08. The van der Waals surface area contributed by atoms with E-state index >= 15 is 0 Å². The summed E-state index contributed by atoms with van der Waals surface area (Å²) in [7, 11) is 0. The lowest BCUT2D eigenvalue weighted by atomic mass is 10.1. The molecule has 0 aliphatic carbocycles. The Labute approximate surface area is 125 Å². The van der Waals surface area contributed by atoms with Gasteiger partial charge in [-0.3, -0.25) is 4.79 Å². The van der Waals surface area contributed by atoms with Crippen molar-refractivity contribution in [3.63, 3.8) is 0 Å². The maximum absolute atomic E-state index is 12.9. The van der Waals surface area contributed by atoms with E-state index in [0.29, 0.717) is 4.90 Å². The first-order chi connectivity index (χ1) is 9.29. The zero-order valence-electron chi connectivity index (χ0n) is 11.4. The number of hydrogen-bond donors (Lipinski definition) is 0. The van der Waals surface area contributed by atoms with E-state index in [4.69, 9.17) is 11.6 Å². The molecule has 0 radical (unpaired) electrons. The molecule has 6 heteroatoms. The van der Waals surface area contributed by atoms with Crippen molar-refractivity contribution in [2.75, 3.05) is 0 Å². The number of halogens is 2. The van der Waals surface area contributed by atoms with Crippen LogP contribution in [0.15, 0.2) is 45.0 Å². The van der Waals surface area contributed by atoms with Gasteiger partial charge in [-0.05, 0) is 45.0 Å². The molecule has 1 heterocycles. The minimum Gasteiger partial charge on any atom is -0.266 e. The van der Waals surface area contributed by atoms with Crippen LogP contribution in [-0.4, -0.2) is 9.78 Å². The van der Waals surface area contributed by atoms with Crippen LogP contribution in [0.2, 0.25) is 5.02 Å². The van der Waals surface area contributed by atoms with E-state index in [0.717, 1.165) is 4.90 Å². The van der Waals surface area contributed by atoms with Crippen LogP contribution >= 0.6 is 23.4 Å². The topological polar surface area (TPSA) is 34.9 Å². The Morgan fingerprint density at radius 1 is 1.25 bits per heavy atom. The van der Waals surface area contributed by atoms with Crippen molar-refractivity contribution in [2.24, 2.45) is 0 Å². The maximum Gasteiger partial charge on any atom is 0.287 e. The third-order valence-electron chi connectivity index (χ3n) is 2.56. The monoisotopic (exact) mass is 312 g/mol. The standard InChI is InChI=1S/C14H14ClFN2OS/c1-14(2,3)18-13(19)12(15)11(8-17-18)20-10-6-4-9(16)5-7-10/h4-8H,1-3H3. The van der Waals surface area contributed by atoms with Gasteiger partial charge >= 0.3 is 0 Å². The number of hydrogen-bond acceptors (Lipinski definition) is 3. The zero-order valence-corrected chi connectivity index (χ0v) is 12.9. The summed E-state index contributed by atoms with van der Waals surface area (Å²) < 4.78 is 14.2. The molecular weight excluding hydrogens is 299 g/mol. The number of benzene rings is 1. The Morgan fingerprint density at radius 3 is 2.40 bits per heavy atom. The third kappa shape index (κ3) is 3.22. The molecule has 106 valence electrons. The molecule has 0 aliphatic rings. The Balaban J connectivity index is 2.37. The smallest absolute Gasteiger partial charge is 0.266 e. The lowest BCUT2D eigenvalue weighted by Gasteiger charge is -2.21. The van der Waals surface area contributed by atoms with Crippen molar-refractivity contribution >= 4 is 23.4 Å². The van der Waals surface area contributed by atoms with Crippen LogP contribution in [0.5, 0.6) is 0 Å².